The van der Waals surface area contributed by atoms with E-state index in [0.29, 0.717) is 33.5 Å². The van der Waals surface area contributed by atoms with Gasteiger partial charge < -0.3 is 11.5 Å². The highest BCUT2D eigenvalue weighted by molar-refractivity contribution is 7.85. The lowest BCUT2D eigenvalue weighted by Gasteiger charge is -2.06. The van der Waals surface area contributed by atoms with E-state index in [1.54, 1.807) is 36.4 Å². The van der Waals surface area contributed by atoms with Crippen molar-refractivity contribution in [2.75, 3.05) is 11.5 Å². The van der Waals surface area contributed by atoms with Crippen LogP contribution in [0.3, 0.4) is 0 Å². The Morgan fingerprint density at radius 2 is 1.54 bits per heavy atom. The summed E-state index contributed by atoms with van der Waals surface area (Å²) < 4.78 is 31.7. The van der Waals surface area contributed by atoms with Crippen LogP contribution in [0.2, 0.25) is 0 Å². The van der Waals surface area contributed by atoms with Gasteiger partial charge in [-0.2, -0.15) is 13.5 Å². The summed E-state index contributed by atoms with van der Waals surface area (Å²) in [5.74, 6) is 0. The van der Waals surface area contributed by atoms with Gasteiger partial charge in [0.1, 0.15) is 0 Å². The molecule has 0 saturated carbocycles. The molecule has 0 unspecified atom stereocenters. The second-order valence-electron chi connectivity index (χ2n) is 5.15. The Morgan fingerprint density at radius 1 is 0.833 bits per heavy atom. The van der Waals surface area contributed by atoms with Gasteiger partial charge in [-0.05, 0) is 48.5 Å². The van der Waals surface area contributed by atoms with Crippen LogP contribution in [0, 0.1) is 0 Å². The molecule has 0 aliphatic carbocycles. The van der Waals surface area contributed by atoms with Crippen molar-refractivity contribution in [2.45, 2.75) is 4.90 Å². The minimum Gasteiger partial charge on any atom is -0.399 e. The molecule has 0 amide bonds. The van der Waals surface area contributed by atoms with Crippen LogP contribution in [-0.2, 0) is 10.1 Å². The number of nitrogen functional groups attached to an aromatic ring is 2. The van der Waals surface area contributed by atoms with Gasteiger partial charge in [0.2, 0.25) is 0 Å². The summed E-state index contributed by atoms with van der Waals surface area (Å²) in [6.07, 6.45) is 0. The predicted octanol–water partition coefficient (Wildman–Crippen LogP) is 3.67. The van der Waals surface area contributed by atoms with Gasteiger partial charge in [0.15, 0.2) is 0 Å². The zero-order valence-corrected chi connectivity index (χ0v) is 13.2. The minimum absolute atomic E-state index is 0.227. The van der Waals surface area contributed by atoms with E-state index in [-0.39, 0.29) is 4.90 Å². The van der Waals surface area contributed by atoms with Gasteiger partial charge >= 0.3 is 0 Å². The fourth-order valence-corrected chi connectivity index (χ4v) is 2.74. The van der Waals surface area contributed by atoms with Gasteiger partial charge in [-0.1, -0.05) is 6.07 Å². The number of hydrogen-bond donors (Lipinski definition) is 3. The molecule has 3 rings (SSSR count). The summed E-state index contributed by atoms with van der Waals surface area (Å²) in [7, 11) is -4.30. The molecule has 0 saturated heterocycles. The molecule has 3 aromatic carbocycles. The third kappa shape index (κ3) is 3.19. The highest BCUT2D eigenvalue weighted by Crippen LogP contribution is 2.33. The topological polar surface area (TPSA) is 131 Å². The number of anilines is 2. The Kier molecular flexibility index (Phi) is 3.92. The normalized spacial score (nSPS) is 12.0. The van der Waals surface area contributed by atoms with Crippen LogP contribution in [0.4, 0.5) is 22.7 Å². The van der Waals surface area contributed by atoms with Gasteiger partial charge in [0.25, 0.3) is 10.1 Å². The van der Waals surface area contributed by atoms with Crippen molar-refractivity contribution >= 4 is 43.6 Å². The first-order valence-corrected chi connectivity index (χ1v) is 8.35. The molecule has 5 N–H and O–H groups in total. The lowest BCUT2D eigenvalue weighted by molar-refractivity contribution is 0.483. The minimum atomic E-state index is -4.30. The number of benzene rings is 3. The Labute approximate surface area is 138 Å². The number of nitrogens with zero attached hydrogens (tertiary/aromatic N) is 2. The van der Waals surface area contributed by atoms with E-state index in [0.717, 1.165) is 0 Å². The molecule has 8 heteroatoms. The summed E-state index contributed by atoms with van der Waals surface area (Å²) in [4.78, 5) is -0.227. The van der Waals surface area contributed by atoms with E-state index in [2.05, 4.69) is 10.2 Å². The number of nitrogens with two attached hydrogens (primary N) is 2. The molecular weight excluding hydrogens is 328 g/mol. The fourth-order valence-electron chi connectivity index (χ4n) is 2.23. The molecule has 0 aromatic heterocycles. The Morgan fingerprint density at radius 3 is 2.21 bits per heavy atom. The number of azo groups is 1. The van der Waals surface area contributed by atoms with Crippen LogP contribution in [0.15, 0.2) is 69.7 Å². The van der Waals surface area contributed by atoms with Crippen LogP contribution in [-0.4, -0.2) is 13.0 Å². The number of fused-ring (bicyclic) bond motifs is 1. The molecule has 0 bridgehead atoms. The lowest BCUT2D eigenvalue weighted by Crippen LogP contribution is -1.98. The fraction of sp³-hybridized carbons (Fsp3) is 0. The van der Waals surface area contributed by atoms with Crippen molar-refractivity contribution in [2.24, 2.45) is 10.2 Å². The highest BCUT2D eigenvalue weighted by Gasteiger charge is 2.12. The maximum Gasteiger partial charge on any atom is 0.294 e. The van der Waals surface area contributed by atoms with Gasteiger partial charge in [0, 0.05) is 22.1 Å². The first-order chi connectivity index (χ1) is 11.3. The maximum absolute atomic E-state index is 11.3. The van der Waals surface area contributed by atoms with E-state index >= 15 is 0 Å². The van der Waals surface area contributed by atoms with Crippen LogP contribution < -0.4 is 11.5 Å². The van der Waals surface area contributed by atoms with Gasteiger partial charge in [-0.3, -0.25) is 4.55 Å². The molecule has 0 atom stereocenters. The third-order valence-electron chi connectivity index (χ3n) is 3.46. The second kappa shape index (κ2) is 5.91. The molecular formula is C16H14N4O3S. The SMILES string of the molecule is Nc1ccc(N=Nc2ccc(N)c3cc(S(=O)(=O)O)ccc23)cc1. The molecule has 0 heterocycles. The summed E-state index contributed by atoms with van der Waals surface area (Å²) in [6, 6.07) is 14.3. The van der Waals surface area contributed by atoms with Gasteiger partial charge in [-0.15, -0.1) is 5.11 Å². The first kappa shape index (κ1) is 15.9. The first-order valence-electron chi connectivity index (χ1n) is 6.91. The van der Waals surface area contributed by atoms with Crippen LogP contribution >= 0.6 is 0 Å². The van der Waals surface area contributed by atoms with Crippen molar-refractivity contribution in [3.63, 3.8) is 0 Å². The zero-order valence-electron chi connectivity index (χ0n) is 12.4. The smallest absolute Gasteiger partial charge is 0.294 e. The summed E-state index contributed by atoms with van der Waals surface area (Å²) in [6.45, 7) is 0. The quantitative estimate of drug-likeness (QED) is 0.379. The maximum atomic E-state index is 11.3. The summed E-state index contributed by atoms with van der Waals surface area (Å²) >= 11 is 0. The second-order valence-corrected chi connectivity index (χ2v) is 6.57. The molecule has 7 nitrogen and oxygen atoms in total. The predicted molar refractivity (Wildman–Crippen MR) is 93.2 cm³/mol. The third-order valence-corrected chi connectivity index (χ3v) is 4.31. The van der Waals surface area contributed by atoms with Gasteiger partial charge in [0.05, 0.1) is 16.3 Å². The molecule has 0 aliphatic rings. The van der Waals surface area contributed by atoms with Crippen LogP contribution in [0.1, 0.15) is 0 Å². The lowest BCUT2D eigenvalue weighted by atomic mass is 10.1. The largest absolute Gasteiger partial charge is 0.399 e. The average molecular weight is 342 g/mol. The molecule has 24 heavy (non-hydrogen) atoms. The Bertz CT molecular complexity index is 1040. The van der Waals surface area contributed by atoms with Crippen LogP contribution in [0.5, 0.6) is 0 Å². The van der Waals surface area contributed by atoms with Crippen molar-refractivity contribution in [1.29, 1.82) is 0 Å². The zero-order chi connectivity index (χ0) is 17.3. The summed E-state index contributed by atoms with van der Waals surface area (Å²) in [5, 5.41) is 9.41. The number of rotatable bonds is 3. The molecule has 0 aliphatic heterocycles. The van der Waals surface area contributed by atoms with Crippen LogP contribution in [0.25, 0.3) is 10.8 Å². The van der Waals surface area contributed by atoms with E-state index in [1.807, 2.05) is 0 Å². The molecule has 122 valence electrons. The monoisotopic (exact) mass is 342 g/mol. The van der Waals surface area contributed by atoms with Crippen molar-refractivity contribution in [3.05, 3.63) is 54.6 Å². The van der Waals surface area contributed by atoms with E-state index in [1.165, 1.54) is 18.2 Å². The Hall–Kier alpha value is -2.97. The molecule has 3 aromatic rings. The van der Waals surface area contributed by atoms with E-state index < -0.39 is 10.1 Å². The van der Waals surface area contributed by atoms with E-state index in [9.17, 15) is 8.42 Å². The highest BCUT2D eigenvalue weighted by atomic mass is 32.2. The van der Waals surface area contributed by atoms with Crippen molar-refractivity contribution in [3.8, 4) is 0 Å². The Balaban J connectivity index is 2.09. The standard InChI is InChI=1S/C16H14N4O3S/c17-10-1-3-11(4-2-10)19-20-16-8-7-15(18)14-9-12(24(21,22)23)5-6-13(14)16/h1-9H,17-18H2,(H,21,22,23). The van der Waals surface area contributed by atoms with E-state index in [4.69, 9.17) is 16.0 Å². The van der Waals surface area contributed by atoms with Crippen molar-refractivity contribution < 1.29 is 13.0 Å². The molecule has 0 radical (unpaired) electrons. The van der Waals surface area contributed by atoms with Gasteiger partial charge in [-0.25, -0.2) is 0 Å². The molecule has 0 fully saturated rings. The van der Waals surface area contributed by atoms with Crippen molar-refractivity contribution in [1.82, 2.24) is 0 Å². The molecule has 0 spiro atoms. The summed E-state index contributed by atoms with van der Waals surface area (Å²) in [5.41, 5.74) is 13.7. The number of hydrogen-bond acceptors (Lipinski definition) is 6. The average Bonchev–Trinajstić information content (AvgIpc) is 2.55.